The normalized spacial score (nSPS) is 12.7. The molecule has 0 saturated heterocycles. The molecule has 0 saturated carbocycles. The Balaban J connectivity index is 1.77. The van der Waals surface area contributed by atoms with Crippen LogP contribution in [-0.2, 0) is 10.8 Å². The number of hydrogen-bond acceptors (Lipinski definition) is 8. The predicted molar refractivity (Wildman–Crippen MR) is 123 cm³/mol. The van der Waals surface area contributed by atoms with Crippen molar-refractivity contribution in [3.8, 4) is 17.5 Å². The largest absolute Gasteiger partial charge is 0.482 e. The molecule has 0 spiro atoms. The van der Waals surface area contributed by atoms with Gasteiger partial charge in [0.1, 0.15) is 17.0 Å². The quantitative estimate of drug-likeness (QED) is 0.423. The predicted octanol–water partition coefficient (Wildman–Crippen LogP) is 4.45. The highest BCUT2D eigenvalue weighted by Gasteiger charge is 2.24. The molecule has 1 atom stereocenters. The monoisotopic (exact) mass is 518 g/mol. The fraction of sp³-hybridized carbons (Fsp3) is 0.400. The van der Waals surface area contributed by atoms with Crippen molar-refractivity contribution in [3.63, 3.8) is 0 Å². The van der Waals surface area contributed by atoms with Gasteiger partial charge >= 0.3 is 0 Å². The molecule has 3 aromatic heterocycles. The number of amides is 1. The van der Waals surface area contributed by atoms with E-state index in [1.165, 1.54) is 18.3 Å². The van der Waals surface area contributed by atoms with Crippen LogP contribution in [0.15, 0.2) is 24.4 Å². The van der Waals surface area contributed by atoms with E-state index in [1.807, 2.05) is 13.8 Å². The third kappa shape index (κ3) is 7.27. The van der Waals surface area contributed by atoms with Crippen molar-refractivity contribution in [2.45, 2.75) is 32.2 Å². The molecule has 13 heteroatoms. The van der Waals surface area contributed by atoms with Crippen molar-refractivity contribution >= 4 is 50.0 Å². The maximum Gasteiger partial charge on any atom is 0.280 e. The van der Waals surface area contributed by atoms with E-state index in [1.54, 1.807) is 12.3 Å². The zero-order chi connectivity index (χ0) is 24.2. The standard InChI is InChI=1S/C20H21ClF2N4O4S2/c1-20(2,6-7-33(3)29)27-16(28)19-25-12-4-5-15(26-18(12)32-19)31-17-13(30-10-14(22)23)8-11(21)9-24-17/h4-5,8-9,14H,6-7,10H2,1-3H3,(H,27,28). The molecule has 0 aliphatic heterocycles. The summed E-state index contributed by atoms with van der Waals surface area (Å²) in [6.07, 6.45) is 0.773. The second-order valence-corrected chi connectivity index (χ2v) is 10.6. The van der Waals surface area contributed by atoms with Crippen molar-refractivity contribution in [3.05, 3.63) is 34.4 Å². The van der Waals surface area contributed by atoms with Crippen LogP contribution in [-0.4, -0.2) is 55.6 Å². The van der Waals surface area contributed by atoms with E-state index in [-0.39, 0.29) is 33.4 Å². The summed E-state index contributed by atoms with van der Waals surface area (Å²) >= 11 is 6.94. The lowest BCUT2D eigenvalue weighted by molar-refractivity contribution is 0.0803. The zero-order valence-electron chi connectivity index (χ0n) is 17.9. The molecule has 0 aliphatic rings. The maximum atomic E-state index is 12.7. The Morgan fingerprint density at radius 3 is 2.79 bits per heavy atom. The van der Waals surface area contributed by atoms with Gasteiger partial charge in [-0.1, -0.05) is 22.9 Å². The minimum atomic E-state index is -2.68. The molecular formula is C20H21ClF2N4O4S2. The van der Waals surface area contributed by atoms with Gasteiger partial charge in [0.2, 0.25) is 5.88 Å². The van der Waals surface area contributed by atoms with Crippen LogP contribution < -0.4 is 14.8 Å². The first-order chi connectivity index (χ1) is 15.5. The number of thiazole rings is 1. The second-order valence-electron chi connectivity index (χ2n) is 7.62. The number of fused-ring (bicyclic) bond motifs is 1. The Hall–Kier alpha value is -2.44. The van der Waals surface area contributed by atoms with E-state index >= 15 is 0 Å². The number of halogens is 3. The number of aromatic nitrogens is 3. The summed E-state index contributed by atoms with van der Waals surface area (Å²) in [5, 5.41) is 3.30. The van der Waals surface area contributed by atoms with Crippen LogP contribution in [0.3, 0.4) is 0 Å². The number of ether oxygens (including phenoxy) is 2. The van der Waals surface area contributed by atoms with E-state index in [0.717, 1.165) is 11.3 Å². The summed E-state index contributed by atoms with van der Waals surface area (Å²) in [7, 11) is -0.957. The molecule has 1 N–H and O–H groups in total. The van der Waals surface area contributed by atoms with Crippen LogP contribution in [0.5, 0.6) is 17.5 Å². The third-order valence-corrected chi connectivity index (χ3v) is 6.19. The van der Waals surface area contributed by atoms with Gasteiger partial charge in [-0.2, -0.15) is 0 Å². The minimum absolute atomic E-state index is 0.0516. The van der Waals surface area contributed by atoms with E-state index in [2.05, 4.69) is 20.3 Å². The number of pyridine rings is 2. The SMILES string of the molecule is CS(=O)CCC(C)(C)NC(=O)c1nc2ccc(Oc3ncc(Cl)cc3OCC(F)F)nc2s1. The van der Waals surface area contributed by atoms with Gasteiger partial charge in [-0.05, 0) is 26.3 Å². The average molecular weight is 519 g/mol. The molecule has 0 aromatic carbocycles. The van der Waals surface area contributed by atoms with Crippen molar-refractivity contribution in [1.82, 2.24) is 20.3 Å². The van der Waals surface area contributed by atoms with Crippen LogP contribution in [0.25, 0.3) is 10.3 Å². The highest BCUT2D eigenvalue weighted by Crippen LogP contribution is 2.32. The van der Waals surface area contributed by atoms with Crippen LogP contribution >= 0.6 is 22.9 Å². The van der Waals surface area contributed by atoms with E-state index in [4.69, 9.17) is 21.1 Å². The van der Waals surface area contributed by atoms with Gasteiger partial charge in [0, 0.05) is 46.7 Å². The molecule has 0 aliphatic carbocycles. The zero-order valence-corrected chi connectivity index (χ0v) is 20.3. The lowest BCUT2D eigenvalue weighted by atomic mass is 10.0. The molecule has 3 heterocycles. The molecule has 1 amide bonds. The van der Waals surface area contributed by atoms with Gasteiger partial charge < -0.3 is 14.8 Å². The van der Waals surface area contributed by atoms with E-state index < -0.39 is 29.4 Å². The molecule has 8 nitrogen and oxygen atoms in total. The van der Waals surface area contributed by atoms with Crippen LogP contribution in [0.2, 0.25) is 5.02 Å². The summed E-state index contributed by atoms with van der Waals surface area (Å²) in [4.78, 5) is 25.7. The maximum absolute atomic E-state index is 12.7. The number of nitrogens with one attached hydrogen (secondary N) is 1. The Morgan fingerprint density at radius 2 is 2.09 bits per heavy atom. The minimum Gasteiger partial charge on any atom is -0.482 e. The van der Waals surface area contributed by atoms with Crippen molar-refractivity contribution < 1.29 is 27.3 Å². The Kier molecular flexibility index (Phi) is 8.14. The lowest BCUT2D eigenvalue weighted by Gasteiger charge is -2.25. The van der Waals surface area contributed by atoms with Gasteiger partial charge in [0.15, 0.2) is 10.8 Å². The molecule has 3 aromatic rings. The fourth-order valence-electron chi connectivity index (χ4n) is 2.62. The third-order valence-electron chi connectivity index (χ3n) is 4.24. The molecular weight excluding hydrogens is 498 g/mol. The van der Waals surface area contributed by atoms with E-state index in [9.17, 15) is 17.8 Å². The molecule has 0 fully saturated rings. The van der Waals surface area contributed by atoms with Crippen molar-refractivity contribution in [1.29, 1.82) is 0 Å². The molecule has 178 valence electrons. The summed E-state index contributed by atoms with van der Waals surface area (Å²) in [5.74, 6) is 0.0839. The molecule has 33 heavy (non-hydrogen) atoms. The topological polar surface area (TPSA) is 103 Å². The number of alkyl halides is 2. The number of hydrogen-bond donors (Lipinski definition) is 1. The smallest absolute Gasteiger partial charge is 0.280 e. The van der Waals surface area contributed by atoms with Crippen LogP contribution in [0.1, 0.15) is 30.1 Å². The van der Waals surface area contributed by atoms with Gasteiger partial charge in [0.05, 0.1) is 5.02 Å². The summed E-state index contributed by atoms with van der Waals surface area (Å²) in [6.45, 7) is 2.85. The average Bonchev–Trinajstić information content (AvgIpc) is 3.16. The molecule has 0 radical (unpaired) electrons. The van der Waals surface area contributed by atoms with Gasteiger partial charge in [0.25, 0.3) is 18.2 Å². The highest BCUT2D eigenvalue weighted by molar-refractivity contribution is 7.84. The van der Waals surface area contributed by atoms with Gasteiger partial charge in [-0.3, -0.25) is 9.00 Å². The molecule has 3 rings (SSSR count). The van der Waals surface area contributed by atoms with Gasteiger partial charge in [-0.25, -0.2) is 23.7 Å². The number of nitrogens with zero attached hydrogens (tertiary/aromatic N) is 3. The Bertz CT molecular complexity index is 1180. The van der Waals surface area contributed by atoms with Crippen molar-refractivity contribution in [2.75, 3.05) is 18.6 Å². The van der Waals surface area contributed by atoms with Gasteiger partial charge in [-0.15, -0.1) is 0 Å². The van der Waals surface area contributed by atoms with Crippen LogP contribution in [0, 0.1) is 0 Å². The number of rotatable bonds is 10. The summed E-state index contributed by atoms with van der Waals surface area (Å²) in [5.41, 5.74) is -0.0693. The Morgan fingerprint density at radius 1 is 1.33 bits per heavy atom. The first-order valence-electron chi connectivity index (χ1n) is 9.67. The summed E-state index contributed by atoms with van der Waals surface area (Å²) in [6, 6.07) is 4.44. The summed E-state index contributed by atoms with van der Waals surface area (Å²) < 4.78 is 47.0. The fourth-order valence-corrected chi connectivity index (χ4v) is 4.39. The van der Waals surface area contributed by atoms with Crippen LogP contribution in [0.4, 0.5) is 8.78 Å². The van der Waals surface area contributed by atoms with Crippen molar-refractivity contribution in [2.24, 2.45) is 0 Å². The molecule has 0 bridgehead atoms. The first kappa shape index (κ1) is 25.2. The highest BCUT2D eigenvalue weighted by atomic mass is 35.5. The second kappa shape index (κ2) is 10.7. The lowest BCUT2D eigenvalue weighted by Crippen LogP contribution is -2.44. The molecule has 1 unspecified atom stereocenters. The Labute approximate surface area is 200 Å². The first-order valence-corrected chi connectivity index (χ1v) is 12.6. The van der Waals surface area contributed by atoms with E-state index in [0.29, 0.717) is 22.5 Å². The number of carbonyl (C=O) groups excluding carboxylic acids is 1. The number of carbonyl (C=O) groups is 1.